The molecule has 1 aliphatic carbocycles. The van der Waals surface area contributed by atoms with Crippen LogP contribution in [-0.2, 0) is 4.79 Å². The first-order valence-corrected chi connectivity index (χ1v) is 9.99. The Morgan fingerprint density at radius 3 is 2.92 bits per heavy atom. The van der Waals surface area contributed by atoms with Gasteiger partial charge in [-0.2, -0.15) is 0 Å². The van der Waals surface area contributed by atoms with Gasteiger partial charge in [0.2, 0.25) is 5.91 Å². The number of anilines is 1. The molecule has 136 valence electrons. The first kappa shape index (κ1) is 17.2. The fourth-order valence-corrected chi connectivity index (χ4v) is 4.39. The van der Waals surface area contributed by atoms with E-state index >= 15 is 0 Å². The molecule has 1 aromatic heterocycles. The maximum absolute atomic E-state index is 12.6. The van der Waals surface area contributed by atoms with Crippen LogP contribution < -0.4 is 10.6 Å². The number of amides is 2. The molecule has 3 aliphatic rings. The lowest BCUT2D eigenvalue weighted by molar-refractivity contribution is -0.117. The number of allylic oxidation sites excluding steroid dienone is 5. The number of likely N-dealkylation sites (tertiary alicyclic amines) is 1. The van der Waals surface area contributed by atoms with Crippen LogP contribution in [0.25, 0.3) is 0 Å². The van der Waals surface area contributed by atoms with Crippen LogP contribution in [-0.4, -0.2) is 42.4 Å². The number of rotatable bonds is 4. The Labute approximate surface area is 157 Å². The van der Waals surface area contributed by atoms with E-state index in [1.54, 1.807) is 0 Å². The summed E-state index contributed by atoms with van der Waals surface area (Å²) in [6.45, 7) is 2.41. The van der Waals surface area contributed by atoms with Gasteiger partial charge in [-0.3, -0.25) is 9.59 Å². The Hall–Kier alpha value is -2.18. The molecule has 1 aromatic rings. The molecular formula is C20H23N3O2S. The van der Waals surface area contributed by atoms with Crippen LogP contribution in [0, 0.1) is 5.92 Å². The maximum atomic E-state index is 12.6. The van der Waals surface area contributed by atoms with Crippen molar-refractivity contribution < 1.29 is 9.59 Å². The predicted octanol–water partition coefficient (Wildman–Crippen LogP) is 2.95. The number of hydrogen-bond acceptors (Lipinski definition) is 4. The Morgan fingerprint density at radius 2 is 2.12 bits per heavy atom. The fourth-order valence-electron chi connectivity index (χ4n) is 3.52. The quantitative estimate of drug-likeness (QED) is 0.858. The van der Waals surface area contributed by atoms with E-state index in [0.29, 0.717) is 10.8 Å². The predicted molar refractivity (Wildman–Crippen MR) is 104 cm³/mol. The summed E-state index contributed by atoms with van der Waals surface area (Å²) in [7, 11) is 0. The molecule has 0 spiro atoms. The van der Waals surface area contributed by atoms with E-state index in [1.165, 1.54) is 16.9 Å². The van der Waals surface area contributed by atoms with E-state index in [2.05, 4.69) is 41.0 Å². The average Bonchev–Trinajstić information content (AvgIpc) is 3.22. The molecule has 6 heteroatoms. The van der Waals surface area contributed by atoms with Gasteiger partial charge in [0.1, 0.15) is 0 Å². The second kappa shape index (κ2) is 7.60. The van der Waals surface area contributed by atoms with Crippen molar-refractivity contribution in [2.75, 3.05) is 25.0 Å². The zero-order valence-corrected chi connectivity index (χ0v) is 15.4. The van der Waals surface area contributed by atoms with E-state index < -0.39 is 0 Å². The number of nitrogens with one attached hydrogen (secondary N) is 2. The molecule has 0 aromatic carbocycles. The van der Waals surface area contributed by atoms with Crippen molar-refractivity contribution in [3.63, 3.8) is 0 Å². The highest BCUT2D eigenvalue weighted by Gasteiger charge is 2.33. The van der Waals surface area contributed by atoms with E-state index in [-0.39, 0.29) is 17.9 Å². The number of carbonyl (C=O) groups excluding carboxylic acids is 2. The van der Waals surface area contributed by atoms with Crippen LogP contribution in [0.5, 0.6) is 0 Å². The molecule has 2 amide bonds. The Kier molecular flexibility index (Phi) is 5.04. The van der Waals surface area contributed by atoms with Crippen molar-refractivity contribution in [1.82, 2.24) is 10.2 Å². The number of carbonyl (C=O) groups is 2. The summed E-state index contributed by atoms with van der Waals surface area (Å²) in [6.07, 6.45) is 13.6. The smallest absolute Gasteiger partial charge is 0.264 e. The zero-order valence-electron chi connectivity index (χ0n) is 14.6. The number of hydrogen-bond donors (Lipinski definition) is 2. The van der Waals surface area contributed by atoms with E-state index in [4.69, 9.17) is 0 Å². The van der Waals surface area contributed by atoms with Crippen LogP contribution in [0.2, 0.25) is 0 Å². The lowest BCUT2D eigenvalue weighted by Crippen LogP contribution is -2.50. The largest absolute Gasteiger partial charge is 0.337 e. The third kappa shape index (κ3) is 3.66. The summed E-state index contributed by atoms with van der Waals surface area (Å²) < 4.78 is 0. The first-order chi connectivity index (χ1) is 12.7. The van der Waals surface area contributed by atoms with Gasteiger partial charge in [0.15, 0.2) is 0 Å². The topological polar surface area (TPSA) is 61.4 Å². The summed E-state index contributed by atoms with van der Waals surface area (Å²) in [5, 5.41) is 6.85. The highest BCUT2D eigenvalue weighted by atomic mass is 32.1. The van der Waals surface area contributed by atoms with Crippen LogP contribution in [0.3, 0.4) is 0 Å². The lowest BCUT2D eigenvalue weighted by atomic mass is 9.90. The van der Waals surface area contributed by atoms with Gasteiger partial charge >= 0.3 is 0 Å². The number of thiophene rings is 1. The maximum Gasteiger partial charge on any atom is 0.264 e. The van der Waals surface area contributed by atoms with E-state index in [9.17, 15) is 9.59 Å². The summed E-state index contributed by atoms with van der Waals surface area (Å²) in [5.41, 5.74) is 1.30. The Bertz CT molecular complexity index is 781. The van der Waals surface area contributed by atoms with Crippen molar-refractivity contribution in [2.45, 2.75) is 25.3 Å². The minimum absolute atomic E-state index is 0.00694. The van der Waals surface area contributed by atoms with E-state index in [0.717, 1.165) is 43.9 Å². The molecule has 0 radical (unpaired) electrons. The summed E-state index contributed by atoms with van der Waals surface area (Å²) >= 11 is 1.36. The second-order valence-corrected chi connectivity index (χ2v) is 8.03. The number of nitrogens with zero attached hydrogens (tertiary/aromatic N) is 1. The molecule has 2 N–H and O–H groups in total. The second-order valence-electron chi connectivity index (χ2n) is 6.94. The normalized spacial score (nSPS) is 22.7. The SMILES string of the molecule is O=C(Nc1ccc(C(=O)N2CC(C3=CC=CCC=C3)C2)s1)[C@@H]1CCCN1. The van der Waals surface area contributed by atoms with Gasteiger partial charge in [0, 0.05) is 19.0 Å². The van der Waals surface area contributed by atoms with Crippen molar-refractivity contribution in [2.24, 2.45) is 5.92 Å². The van der Waals surface area contributed by atoms with Crippen molar-refractivity contribution in [3.8, 4) is 0 Å². The minimum Gasteiger partial charge on any atom is -0.337 e. The van der Waals surface area contributed by atoms with Crippen LogP contribution >= 0.6 is 11.3 Å². The molecule has 0 saturated carbocycles. The molecule has 26 heavy (non-hydrogen) atoms. The standard InChI is InChI=1S/C20H23N3O2S/c24-19(16-8-5-11-21-16)22-18-10-9-17(26-18)20(25)23-12-15(13-23)14-6-3-1-2-4-7-14/h1,3-4,6-7,9-10,15-16,21H,2,5,8,11-13H2,(H,22,24)/t16-/m0/s1. The van der Waals surface area contributed by atoms with E-state index in [1.807, 2.05) is 17.0 Å². The van der Waals surface area contributed by atoms with Gasteiger partial charge in [-0.1, -0.05) is 30.4 Å². The van der Waals surface area contributed by atoms with Gasteiger partial charge in [0.05, 0.1) is 15.9 Å². The van der Waals surface area contributed by atoms with Crippen molar-refractivity contribution in [3.05, 3.63) is 53.0 Å². The molecule has 4 rings (SSSR count). The highest BCUT2D eigenvalue weighted by molar-refractivity contribution is 7.18. The average molecular weight is 369 g/mol. The molecule has 3 heterocycles. The van der Waals surface area contributed by atoms with Gasteiger partial charge in [-0.25, -0.2) is 0 Å². The summed E-state index contributed by atoms with van der Waals surface area (Å²) in [6, 6.07) is 3.52. The third-order valence-electron chi connectivity index (χ3n) is 5.09. The zero-order chi connectivity index (χ0) is 17.9. The van der Waals surface area contributed by atoms with Gasteiger partial charge in [-0.15, -0.1) is 11.3 Å². The van der Waals surface area contributed by atoms with Crippen LogP contribution in [0.4, 0.5) is 5.00 Å². The van der Waals surface area contributed by atoms with Gasteiger partial charge in [-0.05, 0) is 43.5 Å². The fraction of sp³-hybridized carbons (Fsp3) is 0.400. The molecular weight excluding hydrogens is 346 g/mol. The molecule has 2 saturated heterocycles. The lowest BCUT2D eigenvalue weighted by Gasteiger charge is -2.39. The summed E-state index contributed by atoms with van der Waals surface area (Å²) in [4.78, 5) is 27.4. The highest BCUT2D eigenvalue weighted by Crippen LogP contribution is 2.30. The molecule has 0 unspecified atom stereocenters. The van der Waals surface area contributed by atoms with Crippen molar-refractivity contribution in [1.29, 1.82) is 0 Å². The Balaban J connectivity index is 1.32. The molecule has 2 aliphatic heterocycles. The van der Waals surface area contributed by atoms with Crippen LogP contribution in [0.15, 0.2) is 48.1 Å². The van der Waals surface area contributed by atoms with Gasteiger partial charge < -0.3 is 15.5 Å². The van der Waals surface area contributed by atoms with Crippen LogP contribution in [0.1, 0.15) is 28.9 Å². The molecule has 0 bridgehead atoms. The third-order valence-corrected chi connectivity index (χ3v) is 6.08. The van der Waals surface area contributed by atoms with Gasteiger partial charge in [0.25, 0.3) is 5.91 Å². The monoisotopic (exact) mass is 369 g/mol. The first-order valence-electron chi connectivity index (χ1n) is 9.17. The molecule has 2 fully saturated rings. The summed E-state index contributed by atoms with van der Waals surface area (Å²) in [5.74, 6) is 0.470. The Morgan fingerprint density at radius 1 is 1.23 bits per heavy atom. The molecule has 5 nitrogen and oxygen atoms in total. The van der Waals surface area contributed by atoms with Crippen molar-refractivity contribution >= 4 is 28.2 Å². The minimum atomic E-state index is -0.109. The molecule has 1 atom stereocenters.